The number of hydrogen-bond donors (Lipinski definition) is 2. The molecule has 2 N–H and O–H groups in total. The number of carbonyl (C=O) groups excluding carboxylic acids is 1. The van der Waals surface area contributed by atoms with Crippen LogP contribution in [0.4, 0.5) is 23.3 Å². The highest BCUT2D eigenvalue weighted by Crippen LogP contribution is 2.26. The summed E-state index contributed by atoms with van der Waals surface area (Å²) in [5.74, 6) is 1.53. The Kier molecular flexibility index (Phi) is 7.99. The van der Waals surface area contributed by atoms with Crippen molar-refractivity contribution in [2.24, 2.45) is 7.05 Å². The van der Waals surface area contributed by atoms with Crippen LogP contribution in [0.25, 0.3) is 16.6 Å². The molecule has 1 amide bonds. The lowest BCUT2D eigenvalue weighted by atomic mass is 10.1. The molecular formula is C28H34N10O2. The second-order valence-electron chi connectivity index (χ2n) is 9.88. The fraction of sp³-hybridized carbons (Fsp3) is 0.357. The molecule has 0 spiro atoms. The molecule has 40 heavy (non-hydrogen) atoms. The zero-order valence-electron chi connectivity index (χ0n) is 23.3. The molecule has 1 aliphatic rings. The van der Waals surface area contributed by atoms with Gasteiger partial charge in [0.1, 0.15) is 23.2 Å². The average molecular weight is 543 g/mol. The van der Waals surface area contributed by atoms with Gasteiger partial charge in [-0.1, -0.05) is 12.6 Å². The number of ether oxygens (including phenoxy) is 1. The first kappa shape index (κ1) is 27.2. The molecular weight excluding hydrogens is 508 g/mol. The van der Waals surface area contributed by atoms with Crippen LogP contribution in [0.15, 0.2) is 43.4 Å². The Morgan fingerprint density at radius 2 is 1.93 bits per heavy atom. The monoisotopic (exact) mass is 542 g/mol. The molecule has 0 saturated carbocycles. The molecule has 0 atom stereocenters. The summed E-state index contributed by atoms with van der Waals surface area (Å²) >= 11 is 0. The minimum absolute atomic E-state index is 0.249. The molecule has 4 heterocycles. The molecule has 0 bridgehead atoms. The minimum atomic E-state index is -0.249. The van der Waals surface area contributed by atoms with E-state index in [-0.39, 0.29) is 5.91 Å². The lowest BCUT2D eigenvalue weighted by Crippen LogP contribution is -2.47. The van der Waals surface area contributed by atoms with E-state index in [2.05, 4.69) is 47.1 Å². The number of piperazine rings is 1. The van der Waals surface area contributed by atoms with Gasteiger partial charge in [-0.15, -0.1) is 0 Å². The van der Waals surface area contributed by atoms with Gasteiger partial charge in [0.05, 0.1) is 18.5 Å². The molecule has 208 valence electrons. The summed E-state index contributed by atoms with van der Waals surface area (Å²) in [5, 5.41) is 10.7. The normalized spacial score (nSPS) is 13.9. The Balaban J connectivity index is 1.36. The number of nitrogens with one attached hydrogen (secondary N) is 2. The number of aryl methyl sites for hydroxylation is 2. The van der Waals surface area contributed by atoms with Gasteiger partial charge in [0, 0.05) is 64.2 Å². The van der Waals surface area contributed by atoms with Crippen LogP contribution in [0.5, 0.6) is 0 Å². The lowest BCUT2D eigenvalue weighted by molar-refractivity contribution is 0.102. The second kappa shape index (κ2) is 11.8. The van der Waals surface area contributed by atoms with Crippen LogP contribution in [-0.2, 0) is 11.8 Å². The SMILES string of the molecule is C=C(C)c1cc(NC(=O)c2ccc(C)c(Nc3ncnc4cnc(N5CCN(CCOC)CC5)nc34)c2)n(C)n1. The maximum atomic E-state index is 13.1. The minimum Gasteiger partial charge on any atom is -0.383 e. The second-order valence-corrected chi connectivity index (χ2v) is 9.88. The first-order valence-corrected chi connectivity index (χ1v) is 13.2. The number of amides is 1. The molecule has 3 aromatic heterocycles. The van der Waals surface area contributed by atoms with Crippen LogP contribution in [0.2, 0.25) is 0 Å². The first-order chi connectivity index (χ1) is 19.3. The maximum absolute atomic E-state index is 13.1. The Morgan fingerprint density at radius 3 is 2.65 bits per heavy atom. The highest BCUT2D eigenvalue weighted by Gasteiger charge is 2.20. The van der Waals surface area contributed by atoms with Gasteiger partial charge < -0.3 is 20.3 Å². The molecule has 12 nitrogen and oxygen atoms in total. The highest BCUT2D eigenvalue weighted by atomic mass is 16.5. The van der Waals surface area contributed by atoms with Crippen molar-refractivity contribution in [3.8, 4) is 0 Å². The van der Waals surface area contributed by atoms with Crippen molar-refractivity contribution >= 4 is 45.8 Å². The number of fused-ring (bicyclic) bond motifs is 1. The van der Waals surface area contributed by atoms with E-state index >= 15 is 0 Å². The van der Waals surface area contributed by atoms with Crippen molar-refractivity contribution in [2.75, 3.05) is 62.0 Å². The van der Waals surface area contributed by atoms with Crippen LogP contribution < -0.4 is 15.5 Å². The molecule has 1 fully saturated rings. The molecule has 0 radical (unpaired) electrons. The van der Waals surface area contributed by atoms with E-state index in [4.69, 9.17) is 9.72 Å². The number of nitrogens with zero attached hydrogens (tertiary/aromatic N) is 8. The molecule has 4 aromatic rings. The summed E-state index contributed by atoms with van der Waals surface area (Å²) in [6.07, 6.45) is 3.21. The third kappa shape index (κ3) is 5.92. The van der Waals surface area contributed by atoms with E-state index in [1.165, 1.54) is 6.33 Å². The predicted molar refractivity (Wildman–Crippen MR) is 156 cm³/mol. The van der Waals surface area contributed by atoms with E-state index in [1.807, 2.05) is 19.9 Å². The molecule has 0 unspecified atom stereocenters. The third-order valence-electron chi connectivity index (χ3n) is 6.94. The summed E-state index contributed by atoms with van der Waals surface area (Å²) in [6.45, 7) is 12.9. The quantitative estimate of drug-likeness (QED) is 0.325. The van der Waals surface area contributed by atoms with Gasteiger partial charge in [-0.2, -0.15) is 5.10 Å². The van der Waals surface area contributed by atoms with Crippen LogP contribution in [0.1, 0.15) is 28.5 Å². The van der Waals surface area contributed by atoms with Gasteiger partial charge in [0.15, 0.2) is 5.82 Å². The summed E-state index contributed by atoms with van der Waals surface area (Å²) in [4.78, 5) is 35.9. The summed E-state index contributed by atoms with van der Waals surface area (Å²) in [5.41, 5.74) is 5.00. The first-order valence-electron chi connectivity index (χ1n) is 13.2. The van der Waals surface area contributed by atoms with Crippen molar-refractivity contribution in [3.63, 3.8) is 0 Å². The number of carbonyl (C=O) groups is 1. The molecule has 5 rings (SSSR count). The van der Waals surface area contributed by atoms with Gasteiger partial charge in [-0.25, -0.2) is 19.9 Å². The van der Waals surface area contributed by atoms with Crippen molar-refractivity contribution in [2.45, 2.75) is 13.8 Å². The van der Waals surface area contributed by atoms with Crippen molar-refractivity contribution in [1.82, 2.24) is 34.6 Å². The fourth-order valence-corrected chi connectivity index (χ4v) is 4.49. The topological polar surface area (TPSA) is 126 Å². The van der Waals surface area contributed by atoms with E-state index < -0.39 is 0 Å². The smallest absolute Gasteiger partial charge is 0.256 e. The molecule has 0 aliphatic carbocycles. The van der Waals surface area contributed by atoms with Crippen LogP contribution in [0.3, 0.4) is 0 Å². The number of rotatable bonds is 9. The Bertz CT molecular complexity index is 1540. The van der Waals surface area contributed by atoms with Gasteiger partial charge >= 0.3 is 0 Å². The summed E-state index contributed by atoms with van der Waals surface area (Å²) in [6, 6.07) is 7.29. The number of hydrogen-bond acceptors (Lipinski definition) is 10. The van der Waals surface area contributed by atoms with E-state index in [9.17, 15) is 4.79 Å². The molecule has 12 heteroatoms. The Hall–Kier alpha value is -4.42. The average Bonchev–Trinajstić information content (AvgIpc) is 3.33. The standard InChI is InChI=1S/C28H34N10O2/c1-18(2)21-15-24(36(4)35-21)33-27(39)20-7-6-19(3)22(14-20)32-26-25-23(30-17-31-26)16-29-28(34-25)38-10-8-37(9-11-38)12-13-40-5/h6-7,14-17H,1,8-13H2,2-5H3,(H,33,39)(H,30,31,32). The Labute approximate surface area is 233 Å². The number of methoxy groups -OCH3 is 1. The summed E-state index contributed by atoms with van der Waals surface area (Å²) < 4.78 is 6.83. The number of anilines is 4. The molecule has 1 aromatic carbocycles. The van der Waals surface area contributed by atoms with Gasteiger partial charge in [0.2, 0.25) is 5.95 Å². The number of benzene rings is 1. The third-order valence-corrected chi connectivity index (χ3v) is 6.94. The van der Waals surface area contributed by atoms with E-state index in [0.29, 0.717) is 34.2 Å². The van der Waals surface area contributed by atoms with Crippen LogP contribution in [0, 0.1) is 6.92 Å². The number of allylic oxidation sites excluding steroid dienone is 1. The van der Waals surface area contributed by atoms with Gasteiger partial charge in [0.25, 0.3) is 5.91 Å². The van der Waals surface area contributed by atoms with Crippen molar-refractivity contribution in [1.29, 1.82) is 0 Å². The van der Waals surface area contributed by atoms with Crippen molar-refractivity contribution in [3.05, 3.63) is 60.2 Å². The van der Waals surface area contributed by atoms with Gasteiger partial charge in [-0.05, 0) is 37.1 Å². The number of aromatic nitrogens is 6. The van der Waals surface area contributed by atoms with E-state index in [1.54, 1.807) is 43.2 Å². The fourth-order valence-electron chi connectivity index (χ4n) is 4.49. The van der Waals surface area contributed by atoms with Crippen molar-refractivity contribution < 1.29 is 9.53 Å². The van der Waals surface area contributed by atoms with Crippen LogP contribution >= 0.6 is 0 Å². The van der Waals surface area contributed by atoms with E-state index in [0.717, 1.165) is 61.8 Å². The maximum Gasteiger partial charge on any atom is 0.256 e. The molecule has 1 saturated heterocycles. The van der Waals surface area contributed by atoms with Gasteiger partial charge in [-0.3, -0.25) is 14.4 Å². The zero-order valence-corrected chi connectivity index (χ0v) is 23.3. The zero-order chi connectivity index (χ0) is 28.2. The molecule has 1 aliphatic heterocycles. The van der Waals surface area contributed by atoms with Crippen LogP contribution in [-0.4, -0.2) is 87.0 Å². The summed E-state index contributed by atoms with van der Waals surface area (Å²) in [7, 11) is 3.50. The predicted octanol–water partition coefficient (Wildman–Crippen LogP) is 3.26. The Morgan fingerprint density at radius 1 is 1.12 bits per heavy atom. The lowest BCUT2D eigenvalue weighted by Gasteiger charge is -2.34. The largest absolute Gasteiger partial charge is 0.383 e. The highest BCUT2D eigenvalue weighted by molar-refractivity contribution is 6.05.